The number of hydrogen-bond donors (Lipinski definition) is 1. The van der Waals surface area contributed by atoms with Crippen molar-refractivity contribution in [2.75, 3.05) is 0 Å². The summed E-state index contributed by atoms with van der Waals surface area (Å²) in [6, 6.07) is 17.8. The van der Waals surface area contributed by atoms with Crippen LogP contribution >= 0.6 is 11.6 Å². The summed E-state index contributed by atoms with van der Waals surface area (Å²) in [5.41, 5.74) is 1.47. The van der Waals surface area contributed by atoms with Crippen molar-refractivity contribution in [3.05, 3.63) is 92.2 Å². The Balaban J connectivity index is 2.20. The molecule has 5 nitrogen and oxygen atoms in total. The first-order chi connectivity index (χ1) is 13.5. The summed E-state index contributed by atoms with van der Waals surface area (Å²) in [5.74, 6) is -0.242. The molecule has 0 aliphatic heterocycles. The highest BCUT2D eigenvalue weighted by Crippen LogP contribution is 2.28. The summed E-state index contributed by atoms with van der Waals surface area (Å²) < 4.78 is 1.22. The van der Waals surface area contributed by atoms with Crippen LogP contribution in [-0.4, -0.2) is 15.9 Å². The van der Waals surface area contributed by atoms with E-state index in [0.717, 1.165) is 5.56 Å². The van der Waals surface area contributed by atoms with E-state index in [-0.39, 0.29) is 11.4 Å². The Bertz CT molecular complexity index is 1140. The zero-order valence-corrected chi connectivity index (χ0v) is 16.2. The van der Waals surface area contributed by atoms with E-state index in [1.807, 2.05) is 36.4 Å². The number of rotatable bonds is 4. The van der Waals surface area contributed by atoms with E-state index in [2.05, 4.69) is 4.99 Å². The molecule has 1 heterocycles. The molecule has 1 N–H and O–H groups in total. The minimum atomic E-state index is -0.538. The third-order valence-electron chi connectivity index (χ3n) is 4.65. The molecule has 140 valence electrons. The quantitative estimate of drug-likeness (QED) is 0.652. The zero-order valence-electron chi connectivity index (χ0n) is 15.4. The summed E-state index contributed by atoms with van der Waals surface area (Å²) in [4.78, 5) is 17.2. The van der Waals surface area contributed by atoms with Crippen LogP contribution in [0.3, 0.4) is 0 Å². The molecule has 0 amide bonds. The molecule has 0 saturated carbocycles. The minimum absolute atomic E-state index is 0.0267. The molecule has 0 radical (unpaired) electrons. The van der Waals surface area contributed by atoms with Crippen LogP contribution in [-0.2, 0) is 0 Å². The van der Waals surface area contributed by atoms with Gasteiger partial charge in [0.25, 0.3) is 5.56 Å². The molecule has 1 aromatic heterocycles. The first-order valence-corrected chi connectivity index (χ1v) is 9.05. The third-order valence-corrected chi connectivity index (χ3v) is 4.97. The first kappa shape index (κ1) is 19.4. The van der Waals surface area contributed by atoms with Crippen molar-refractivity contribution in [3.8, 4) is 11.9 Å². The Labute approximate surface area is 167 Å². The predicted octanol–water partition coefficient (Wildman–Crippen LogP) is 4.75. The third kappa shape index (κ3) is 3.55. The summed E-state index contributed by atoms with van der Waals surface area (Å²) in [6.07, 6.45) is 1.43. The zero-order chi connectivity index (χ0) is 20.3. The summed E-state index contributed by atoms with van der Waals surface area (Å²) in [7, 11) is 0. The highest BCUT2D eigenvalue weighted by atomic mass is 35.5. The predicted molar refractivity (Wildman–Crippen MR) is 111 cm³/mol. The van der Waals surface area contributed by atoms with E-state index in [1.54, 1.807) is 38.1 Å². The lowest BCUT2D eigenvalue weighted by Crippen LogP contribution is -2.28. The van der Waals surface area contributed by atoms with Crippen LogP contribution < -0.4 is 5.56 Å². The Kier molecular flexibility index (Phi) is 5.62. The lowest BCUT2D eigenvalue weighted by Gasteiger charge is -2.20. The molecule has 0 aliphatic carbocycles. The normalized spacial score (nSPS) is 12.1. The number of nitriles is 1. The summed E-state index contributed by atoms with van der Waals surface area (Å²) in [5, 5.41) is 20.8. The first-order valence-electron chi connectivity index (χ1n) is 8.67. The van der Waals surface area contributed by atoms with E-state index in [1.165, 1.54) is 10.8 Å². The van der Waals surface area contributed by atoms with E-state index in [0.29, 0.717) is 21.8 Å². The molecule has 0 fully saturated rings. The maximum atomic E-state index is 12.9. The molecular formula is C22H18ClN3O2. The maximum absolute atomic E-state index is 12.9. The number of nitrogens with zero attached hydrogens (tertiary/aromatic N) is 3. The van der Waals surface area contributed by atoms with Gasteiger partial charge in [0.2, 0.25) is 5.88 Å². The monoisotopic (exact) mass is 391 g/mol. The number of aliphatic imine (C=N–C) groups is 1. The fourth-order valence-electron chi connectivity index (χ4n) is 3.03. The van der Waals surface area contributed by atoms with Gasteiger partial charge in [0.1, 0.15) is 11.6 Å². The smallest absolute Gasteiger partial charge is 0.272 e. The Morgan fingerprint density at radius 2 is 1.82 bits per heavy atom. The largest absolute Gasteiger partial charge is 0.494 e. The van der Waals surface area contributed by atoms with Crippen LogP contribution in [0.1, 0.15) is 35.2 Å². The molecule has 2 aromatic carbocycles. The van der Waals surface area contributed by atoms with Crippen molar-refractivity contribution in [1.29, 1.82) is 5.26 Å². The number of hydrogen-bond acceptors (Lipinski definition) is 4. The number of pyridine rings is 1. The summed E-state index contributed by atoms with van der Waals surface area (Å²) >= 11 is 6.13. The lowest BCUT2D eigenvalue weighted by atomic mass is 10.0. The number of para-hydroxylation sites is 1. The van der Waals surface area contributed by atoms with E-state index < -0.39 is 11.6 Å². The van der Waals surface area contributed by atoms with Crippen molar-refractivity contribution >= 4 is 23.5 Å². The van der Waals surface area contributed by atoms with Crippen LogP contribution in [0.25, 0.3) is 0 Å². The molecule has 1 atom stereocenters. The average Bonchev–Trinajstić information content (AvgIpc) is 2.70. The second-order valence-electron chi connectivity index (χ2n) is 6.32. The van der Waals surface area contributed by atoms with Gasteiger partial charge in [-0.05, 0) is 37.1 Å². The highest BCUT2D eigenvalue weighted by Gasteiger charge is 2.22. The second kappa shape index (κ2) is 8.12. The maximum Gasteiger partial charge on any atom is 0.272 e. The SMILES string of the molecule is Cc1c(C=Nc2ccccc2Cl)c(O)n(C(C)c2ccccc2)c(=O)c1C#N. The Morgan fingerprint density at radius 1 is 1.18 bits per heavy atom. The van der Waals surface area contributed by atoms with Gasteiger partial charge in [-0.1, -0.05) is 54.1 Å². The molecule has 0 aliphatic rings. The lowest BCUT2D eigenvalue weighted by molar-refractivity contribution is 0.393. The molecule has 3 rings (SSSR count). The van der Waals surface area contributed by atoms with E-state index in [9.17, 15) is 15.2 Å². The Morgan fingerprint density at radius 3 is 2.46 bits per heavy atom. The molecule has 28 heavy (non-hydrogen) atoms. The molecule has 6 heteroatoms. The van der Waals surface area contributed by atoms with E-state index >= 15 is 0 Å². The molecule has 0 saturated heterocycles. The second-order valence-corrected chi connectivity index (χ2v) is 6.73. The number of halogens is 1. The number of aromatic hydroxyl groups is 1. The Hall–Kier alpha value is -3.36. The molecule has 0 bridgehead atoms. The van der Waals surface area contributed by atoms with Gasteiger partial charge in [-0.25, -0.2) is 0 Å². The van der Waals surface area contributed by atoms with Crippen LogP contribution in [0, 0.1) is 18.3 Å². The topological polar surface area (TPSA) is 78.4 Å². The molecule has 0 spiro atoms. The van der Waals surface area contributed by atoms with Gasteiger partial charge in [-0.3, -0.25) is 14.4 Å². The van der Waals surface area contributed by atoms with Gasteiger partial charge in [0.15, 0.2) is 0 Å². The van der Waals surface area contributed by atoms with E-state index in [4.69, 9.17) is 11.6 Å². The average molecular weight is 392 g/mol. The van der Waals surface area contributed by atoms with Crippen LogP contribution in [0.15, 0.2) is 64.4 Å². The van der Waals surface area contributed by atoms with Crippen molar-refractivity contribution in [3.63, 3.8) is 0 Å². The highest BCUT2D eigenvalue weighted by molar-refractivity contribution is 6.33. The van der Waals surface area contributed by atoms with Gasteiger partial charge in [-0.15, -0.1) is 0 Å². The molecular weight excluding hydrogens is 374 g/mol. The minimum Gasteiger partial charge on any atom is -0.494 e. The van der Waals surface area contributed by atoms with Gasteiger partial charge in [0, 0.05) is 6.21 Å². The van der Waals surface area contributed by atoms with Crippen LogP contribution in [0.2, 0.25) is 5.02 Å². The van der Waals surface area contributed by atoms with Gasteiger partial charge < -0.3 is 5.11 Å². The van der Waals surface area contributed by atoms with Crippen molar-refractivity contribution in [1.82, 2.24) is 4.57 Å². The molecule has 1 unspecified atom stereocenters. The summed E-state index contributed by atoms with van der Waals surface area (Å²) in [6.45, 7) is 3.41. The van der Waals surface area contributed by atoms with Crippen molar-refractivity contribution < 1.29 is 5.11 Å². The van der Waals surface area contributed by atoms with Gasteiger partial charge in [0.05, 0.1) is 22.3 Å². The van der Waals surface area contributed by atoms with Crippen LogP contribution in [0.5, 0.6) is 5.88 Å². The fourth-order valence-corrected chi connectivity index (χ4v) is 3.21. The van der Waals surface area contributed by atoms with Gasteiger partial charge >= 0.3 is 0 Å². The van der Waals surface area contributed by atoms with Gasteiger partial charge in [-0.2, -0.15) is 5.26 Å². The standard InChI is InChI=1S/C22H18ClN3O2/c1-14-17(12-24)21(27)26(15(2)16-8-4-3-5-9-16)22(28)18(14)13-25-20-11-7-6-10-19(20)23/h3-11,13,15,28H,1-2H3. The van der Waals surface area contributed by atoms with Crippen molar-refractivity contribution in [2.45, 2.75) is 19.9 Å². The van der Waals surface area contributed by atoms with Crippen molar-refractivity contribution in [2.24, 2.45) is 4.99 Å². The number of benzene rings is 2. The molecule has 3 aromatic rings. The fraction of sp³-hybridized carbons (Fsp3) is 0.136. The van der Waals surface area contributed by atoms with Crippen LogP contribution in [0.4, 0.5) is 5.69 Å². The number of aromatic nitrogens is 1.